The molecule has 0 fully saturated rings. The van der Waals surface area contributed by atoms with E-state index in [2.05, 4.69) is 10.3 Å². The van der Waals surface area contributed by atoms with Gasteiger partial charge in [-0.2, -0.15) is 13.2 Å². The van der Waals surface area contributed by atoms with Gasteiger partial charge < -0.3 is 22.1 Å². The van der Waals surface area contributed by atoms with E-state index in [1.807, 2.05) is 12.2 Å². The minimum atomic E-state index is -4.68. The Hall–Kier alpha value is -4.09. The third kappa shape index (κ3) is 4.63. The molecule has 3 rings (SSSR count). The molecular weight excluding hydrogens is 432 g/mol. The molecule has 6 N–H and O–H groups in total. The lowest BCUT2D eigenvalue weighted by molar-refractivity contribution is -0.137. The number of halogens is 4. The zero-order valence-corrected chi connectivity index (χ0v) is 16.6. The molecule has 1 aromatic heterocycles. The molecule has 12 heteroatoms. The Bertz CT molecular complexity index is 1170. The third-order valence-electron chi connectivity index (χ3n) is 4.46. The van der Waals surface area contributed by atoms with Gasteiger partial charge in [-0.25, -0.2) is 14.2 Å². The number of amides is 3. The van der Waals surface area contributed by atoms with E-state index in [-0.39, 0.29) is 17.2 Å². The van der Waals surface area contributed by atoms with Crippen LogP contribution in [0.3, 0.4) is 0 Å². The Balaban J connectivity index is 1.77. The Kier molecular flexibility index (Phi) is 6.05. The number of rotatable bonds is 5. The predicted octanol–water partition coefficient (Wildman–Crippen LogP) is 3.92. The van der Waals surface area contributed by atoms with Gasteiger partial charge in [-0.3, -0.25) is 9.36 Å². The van der Waals surface area contributed by atoms with Gasteiger partial charge >= 0.3 is 12.2 Å². The first-order valence-electron chi connectivity index (χ1n) is 9.23. The highest BCUT2D eigenvalue weighted by molar-refractivity contribution is 6.00. The summed E-state index contributed by atoms with van der Waals surface area (Å²) in [5.41, 5.74) is 10.3. The fourth-order valence-electron chi connectivity index (χ4n) is 2.96. The highest BCUT2D eigenvalue weighted by Crippen LogP contribution is 2.32. The molecule has 0 saturated carbocycles. The summed E-state index contributed by atoms with van der Waals surface area (Å²) >= 11 is 0. The molecule has 0 atom stereocenters. The summed E-state index contributed by atoms with van der Waals surface area (Å²) in [4.78, 5) is 27.7. The van der Waals surface area contributed by atoms with Gasteiger partial charge in [0.1, 0.15) is 17.5 Å². The van der Waals surface area contributed by atoms with Crippen LogP contribution in [0.2, 0.25) is 0 Å². The van der Waals surface area contributed by atoms with Gasteiger partial charge in [0.05, 0.1) is 11.3 Å². The summed E-state index contributed by atoms with van der Waals surface area (Å²) in [7, 11) is 0. The average molecular weight is 450 g/mol. The maximum absolute atomic E-state index is 13.8. The molecule has 3 amide bonds. The first kappa shape index (κ1) is 22.6. The van der Waals surface area contributed by atoms with Crippen molar-refractivity contribution < 1.29 is 27.2 Å². The fourth-order valence-corrected chi connectivity index (χ4v) is 2.96. The number of benzene rings is 2. The number of nitrogens with two attached hydrogens (primary N) is 2. The van der Waals surface area contributed by atoms with Crippen molar-refractivity contribution in [2.75, 3.05) is 16.4 Å². The topological polar surface area (TPSA) is 128 Å². The lowest BCUT2D eigenvalue weighted by atomic mass is 10.2. The lowest BCUT2D eigenvalue weighted by Crippen LogP contribution is -2.20. The quantitative estimate of drug-likeness (QED) is 0.439. The van der Waals surface area contributed by atoms with Crippen LogP contribution in [0.4, 0.5) is 39.5 Å². The zero-order valence-electron chi connectivity index (χ0n) is 16.6. The van der Waals surface area contributed by atoms with E-state index in [1.165, 1.54) is 16.7 Å². The van der Waals surface area contributed by atoms with Gasteiger partial charge in [-0.1, -0.05) is 6.92 Å². The number of urea groups is 1. The van der Waals surface area contributed by atoms with E-state index in [0.717, 1.165) is 0 Å². The molecule has 0 bridgehead atoms. The van der Waals surface area contributed by atoms with Gasteiger partial charge in [0.15, 0.2) is 5.69 Å². The average Bonchev–Trinajstić information content (AvgIpc) is 3.06. The van der Waals surface area contributed by atoms with Gasteiger partial charge in [0.2, 0.25) is 0 Å². The van der Waals surface area contributed by atoms with E-state index in [1.54, 1.807) is 12.1 Å². The second kappa shape index (κ2) is 8.57. The number of hydrogen-bond donors (Lipinski definition) is 4. The number of aryl methyl sites for hydroxylation is 1. The first-order chi connectivity index (χ1) is 15.0. The Morgan fingerprint density at radius 3 is 2.31 bits per heavy atom. The Morgan fingerprint density at radius 2 is 1.75 bits per heavy atom. The highest BCUT2D eigenvalue weighted by Gasteiger charge is 2.31. The molecule has 0 spiro atoms. The van der Waals surface area contributed by atoms with Crippen molar-refractivity contribution in [3.05, 3.63) is 65.4 Å². The molecule has 0 unspecified atom stereocenters. The maximum Gasteiger partial charge on any atom is 0.416 e. The van der Waals surface area contributed by atoms with E-state index >= 15 is 0 Å². The molecule has 0 aliphatic rings. The van der Waals surface area contributed by atoms with Crippen LogP contribution >= 0.6 is 0 Å². The zero-order chi connectivity index (χ0) is 23.6. The van der Waals surface area contributed by atoms with Crippen LogP contribution < -0.4 is 22.1 Å². The lowest BCUT2D eigenvalue weighted by Gasteiger charge is -2.13. The van der Waals surface area contributed by atoms with Crippen molar-refractivity contribution >= 4 is 29.1 Å². The van der Waals surface area contributed by atoms with Crippen molar-refractivity contribution in [3.63, 3.8) is 0 Å². The van der Waals surface area contributed by atoms with E-state index in [9.17, 15) is 27.2 Å². The van der Waals surface area contributed by atoms with E-state index < -0.39 is 35.2 Å². The number of alkyl halides is 3. The van der Waals surface area contributed by atoms with Crippen LogP contribution in [0.5, 0.6) is 0 Å². The smallest absolute Gasteiger partial charge is 0.383 e. The summed E-state index contributed by atoms with van der Waals surface area (Å²) in [6, 6.07) is 6.87. The number of primary amides is 1. The molecule has 2 aromatic carbocycles. The van der Waals surface area contributed by atoms with Crippen LogP contribution in [0.25, 0.3) is 5.69 Å². The van der Waals surface area contributed by atoms with Crippen LogP contribution in [-0.4, -0.2) is 21.5 Å². The van der Waals surface area contributed by atoms with Crippen molar-refractivity contribution in [2.45, 2.75) is 19.5 Å². The van der Waals surface area contributed by atoms with E-state index in [4.69, 9.17) is 11.5 Å². The second-order valence-electron chi connectivity index (χ2n) is 6.63. The van der Waals surface area contributed by atoms with Crippen LogP contribution in [0.1, 0.15) is 28.8 Å². The van der Waals surface area contributed by atoms with Crippen LogP contribution in [0, 0.1) is 5.82 Å². The van der Waals surface area contributed by atoms with Crippen molar-refractivity contribution in [1.82, 2.24) is 9.55 Å². The number of nitrogen functional groups attached to an aromatic ring is 1. The third-order valence-corrected chi connectivity index (χ3v) is 4.46. The van der Waals surface area contributed by atoms with Crippen LogP contribution in [0.15, 0.2) is 42.5 Å². The summed E-state index contributed by atoms with van der Waals surface area (Å²) in [5, 5.41) is 4.44. The Morgan fingerprint density at radius 1 is 1.09 bits per heavy atom. The van der Waals surface area contributed by atoms with E-state index in [0.29, 0.717) is 36.1 Å². The van der Waals surface area contributed by atoms with Crippen molar-refractivity contribution in [3.8, 4) is 5.69 Å². The van der Waals surface area contributed by atoms with Gasteiger partial charge in [0.25, 0.3) is 5.91 Å². The summed E-state index contributed by atoms with van der Waals surface area (Å²) in [5.74, 6) is -1.23. The normalized spacial score (nSPS) is 11.3. The summed E-state index contributed by atoms with van der Waals surface area (Å²) < 4.78 is 53.7. The molecular formula is C20H18F4N6O2. The van der Waals surface area contributed by atoms with Gasteiger partial charge in [-0.05, 0) is 42.5 Å². The van der Waals surface area contributed by atoms with Crippen molar-refractivity contribution in [1.29, 1.82) is 0 Å². The molecule has 3 aromatic rings. The maximum atomic E-state index is 13.8. The number of anilines is 3. The number of hydrogen-bond acceptors (Lipinski definition) is 4. The number of imidazole rings is 1. The highest BCUT2D eigenvalue weighted by atomic mass is 19.4. The van der Waals surface area contributed by atoms with Crippen molar-refractivity contribution in [2.24, 2.45) is 5.73 Å². The molecule has 0 saturated heterocycles. The minimum absolute atomic E-state index is 0.0628. The number of carbonyl (C=O) groups excluding carboxylic acids is 2. The molecule has 168 valence electrons. The number of carbonyl (C=O) groups is 2. The van der Waals surface area contributed by atoms with Crippen LogP contribution in [-0.2, 0) is 12.6 Å². The van der Waals surface area contributed by atoms with Gasteiger partial charge in [0, 0.05) is 17.8 Å². The molecule has 0 radical (unpaired) electrons. The minimum Gasteiger partial charge on any atom is -0.383 e. The number of nitrogens with zero attached hydrogens (tertiary/aromatic N) is 2. The van der Waals surface area contributed by atoms with Gasteiger partial charge in [-0.15, -0.1) is 0 Å². The Labute approximate surface area is 179 Å². The summed E-state index contributed by atoms with van der Waals surface area (Å²) in [6.07, 6.45) is -4.22. The largest absolute Gasteiger partial charge is 0.416 e. The molecule has 0 aliphatic carbocycles. The standard InChI is InChI=1S/C20H18F4N6O2/c1-2-15-29-16(18(26)31)17(25)30(15)12-6-4-11(5-7-12)27-19(32)28-14-9-10(20(22,23)24)3-8-13(14)21/h3-9H,2,25H2,1H3,(H2,26,31)(H2,27,28,32). The first-order valence-corrected chi connectivity index (χ1v) is 9.23. The number of nitrogens with one attached hydrogen (secondary N) is 2. The summed E-state index contributed by atoms with van der Waals surface area (Å²) in [6.45, 7) is 1.82. The second-order valence-corrected chi connectivity index (χ2v) is 6.63. The fraction of sp³-hybridized carbons (Fsp3) is 0.150. The SMILES string of the molecule is CCc1nc(C(N)=O)c(N)n1-c1ccc(NC(=O)Nc2cc(C(F)(F)F)ccc2F)cc1. The predicted molar refractivity (Wildman–Crippen MR) is 110 cm³/mol. The molecule has 32 heavy (non-hydrogen) atoms. The monoisotopic (exact) mass is 450 g/mol. The molecule has 0 aliphatic heterocycles. The number of aromatic nitrogens is 2. The molecule has 8 nitrogen and oxygen atoms in total. The molecule has 1 heterocycles.